The highest BCUT2D eigenvalue weighted by molar-refractivity contribution is 5.39. The van der Waals surface area contributed by atoms with Crippen molar-refractivity contribution in [2.75, 3.05) is 6.61 Å². The molecule has 0 aromatic heterocycles. The highest BCUT2D eigenvalue weighted by Gasteiger charge is 2.24. The molecule has 6 nitrogen and oxygen atoms in total. The van der Waals surface area contributed by atoms with Crippen LogP contribution in [0.2, 0.25) is 0 Å². The number of hydrogen-bond donors (Lipinski definition) is 6. The van der Waals surface area contributed by atoms with Crippen molar-refractivity contribution in [3.05, 3.63) is 23.8 Å². The minimum Gasteiger partial charge on any atom is -0.508 e. The van der Waals surface area contributed by atoms with Crippen LogP contribution in [0.3, 0.4) is 0 Å². The first-order chi connectivity index (χ1) is 7.95. The number of rotatable bonds is 5. The first-order valence-electron chi connectivity index (χ1n) is 5.11. The number of benzene rings is 1. The molecule has 0 aliphatic rings. The maximum absolute atomic E-state index is 9.57. The summed E-state index contributed by atoms with van der Waals surface area (Å²) in [6.45, 7) is -0.667. The molecule has 0 saturated heterocycles. The Morgan fingerprint density at radius 1 is 1.00 bits per heavy atom. The number of hydrogen-bond acceptors (Lipinski definition) is 6. The van der Waals surface area contributed by atoms with Gasteiger partial charge in [-0.1, -0.05) is 6.07 Å². The molecule has 0 saturated carbocycles. The van der Waals surface area contributed by atoms with Gasteiger partial charge in [0.2, 0.25) is 0 Å². The second-order valence-corrected chi connectivity index (χ2v) is 3.83. The Morgan fingerprint density at radius 2 is 1.65 bits per heavy atom. The zero-order chi connectivity index (χ0) is 13.0. The second kappa shape index (κ2) is 5.83. The Morgan fingerprint density at radius 3 is 2.18 bits per heavy atom. The van der Waals surface area contributed by atoms with Crippen LogP contribution in [0.25, 0.3) is 0 Å². The lowest BCUT2D eigenvalue weighted by Crippen LogP contribution is -2.40. The third-order valence-corrected chi connectivity index (χ3v) is 2.47. The van der Waals surface area contributed by atoms with Crippen LogP contribution in [0, 0.1) is 0 Å². The van der Waals surface area contributed by atoms with Gasteiger partial charge in [0, 0.05) is 12.5 Å². The monoisotopic (exact) mass is 244 g/mol. The van der Waals surface area contributed by atoms with Gasteiger partial charge < -0.3 is 30.6 Å². The lowest BCUT2D eigenvalue weighted by molar-refractivity contribution is -0.0756. The van der Waals surface area contributed by atoms with E-state index in [4.69, 9.17) is 15.3 Å². The van der Waals surface area contributed by atoms with E-state index in [1.54, 1.807) is 0 Å². The van der Waals surface area contributed by atoms with Gasteiger partial charge in [0.1, 0.15) is 23.7 Å². The standard InChI is InChI=1S/C11H16O6/c12-5-10(16)11(17)9(15)3-6-1-2-7(13)4-8(6)14/h1-2,4,9-17H,3,5H2/t9-,10+,11-/m0/s1. The van der Waals surface area contributed by atoms with E-state index in [1.165, 1.54) is 12.1 Å². The number of aromatic hydroxyl groups is 2. The fourth-order valence-electron chi connectivity index (χ4n) is 1.44. The maximum Gasteiger partial charge on any atom is 0.122 e. The summed E-state index contributed by atoms with van der Waals surface area (Å²) in [6.07, 6.45) is -4.38. The van der Waals surface area contributed by atoms with Crippen LogP contribution < -0.4 is 0 Å². The first-order valence-corrected chi connectivity index (χ1v) is 5.11. The van der Waals surface area contributed by atoms with Gasteiger partial charge in [0.25, 0.3) is 0 Å². The molecule has 1 aromatic rings. The number of phenolic OH excluding ortho intramolecular Hbond substituents is 2. The topological polar surface area (TPSA) is 121 Å². The summed E-state index contributed by atoms with van der Waals surface area (Å²) >= 11 is 0. The van der Waals surface area contributed by atoms with E-state index >= 15 is 0 Å². The molecule has 0 bridgehead atoms. The molecule has 17 heavy (non-hydrogen) atoms. The number of phenols is 2. The fourth-order valence-corrected chi connectivity index (χ4v) is 1.44. The largest absolute Gasteiger partial charge is 0.508 e. The van der Waals surface area contributed by atoms with Gasteiger partial charge in [-0.3, -0.25) is 0 Å². The van der Waals surface area contributed by atoms with Gasteiger partial charge in [-0.2, -0.15) is 0 Å². The Kier molecular flexibility index (Phi) is 4.71. The highest BCUT2D eigenvalue weighted by Crippen LogP contribution is 2.24. The van der Waals surface area contributed by atoms with Crippen LogP contribution in [0.5, 0.6) is 11.5 Å². The Balaban J connectivity index is 2.70. The summed E-state index contributed by atoms with van der Waals surface area (Å²) in [7, 11) is 0. The predicted octanol–water partition coefficient (Wildman–Crippen LogP) is -1.28. The van der Waals surface area contributed by atoms with Crippen LogP contribution in [0.1, 0.15) is 5.56 Å². The molecule has 0 fully saturated rings. The lowest BCUT2D eigenvalue weighted by atomic mass is 10.00. The molecule has 0 amide bonds. The van der Waals surface area contributed by atoms with Crippen LogP contribution in [-0.4, -0.2) is 55.6 Å². The zero-order valence-electron chi connectivity index (χ0n) is 9.06. The third-order valence-electron chi connectivity index (χ3n) is 2.47. The fraction of sp³-hybridized carbons (Fsp3) is 0.455. The van der Waals surface area contributed by atoms with Crippen molar-refractivity contribution in [3.63, 3.8) is 0 Å². The molecule has 0 aliphatic heterocycles. The molecule has 1 aromatic carbocycles. The van der Waals surface area contributed by atoms with E-state index in [2.05, 4.69) is 0 Å². The van der Waals surface area contributed by atoms with E-state index in [1.807, 2.05) is 0 Å². The van der Waals surface area contributed by atoms with Crippen molar-refractivity contribution in [2.45, 2.75) is 24.7 Å². The number of aliphatic hydroxyl groups is 4. The molecule has 6 N–H and O–H groups in total. The highest BCUT2D eigenvalue weighted by atomic mass is 16.4. The molecule has 0 unspecified atom stereocenters. The maximum atomic E-state index is 9.57. The quantitative estimate of drug-likeness (QED) is 0.383. The third kappa shape index (κ3) is 3.57. The van der Waals surface area contributed by atoms with Crippen molar-refractivity contribution in [1.29, 1.82) is 0 Å². The molecule has 6 heteroatoms. The first kappa shape index (κ1) is 13.7. The normalized spacial score (nSPS) is 16.5. The molecular formula is C11H16O6. The average Bonchev–Trinajstić information content (AvgIpc) is 2.30. The smallest absolute Gasteiger partial charge is 0.122 e. The molecule has 0 spiro atoms. The second-order valence-electron chi connectivity index (χ2n) is 3.83. The summed E-state index contributed by atoms with van der Waals surface area (Å²) in [6, 6.07) is 3.83. The SMILES string of the molecule is OC[C@@H](O)[C@@H](O)[C@@H](O)Cc1ccc(O)cc1O. The molecule has 0 heterocycles. The van der Waals surface area contributed by atoms with Crippen LogP contribution in [-0.2, 0) is 6.42 Å². The van der Waals surface area contributed by atoms with Gasteiger partial charge in [-0.15, -0.1) is 0 Å². The minimum atomic E-state index is -1.51. The lowest BCUT2D eigenvalue weighted by Gasteiger charge is -2.21. The Hall–Kier alpha value is -1.34. The van der Waals surface area contributed by atoms with Gasteiger partial charge >= 0.3 is 0 Å². The van der Waals surface area contributed by atoms with E-state index in [-0.39, 0.29) is 17.9 Å². The minimum absolute atomic E-state index is 0.107. The Labute approximate surface area is 98.0 Å². The van der Waals surface area contributed by atoms with Crippen molar-refractivity contribution < 1.29 is 30.6 Å². The van der Waals surface area contributed by atoms with Crippen LogP contribution >= 0.6 is 0 Å². The molecule has 0 radical (unpaired) electrons. The van der Waals surface area contributed by atoms with Crippen LogP contribution in [0.4, 0.5) is 0 Å². The van der Waals surface area contributed by atoms with Gasteiger partial charge in [0.15, 0.2) is 0 Å². The van der Waals surface area contributed by atoms with E-state index < -0.39 is 24.9 Å². The van der Waals surface area contributed by atoms with Gasteiger partial charge in [-0.05, 0) is 11.6 Å². The van der Waals surface area contributed by atoms with Crippen LogP contribution in [0.15, 0.2) is 18.2 Å². The molecule has 1 rings (SSSR count). The summed E-state index contributed by atoms with van der Waals surface area (Å²) in [5, 5.41) is 55.2. The molecule has 0 aliphatic carbocycles. The Bertz CT molecular complexity index is 367. The molecule has 96 valence electrons. The van der Waals surface area contributed by atoms with Gasteiger partial charge in [-0.25, -0.2) is 0 Å². The zero-order valence-corrected chi connectivity index (χ0v) is 9.06. The molecular weight excluding hydrogens is 228 g/mol. The van der Waals surface area contributed by atoms with Gasteiger partial charge in [0.05, 0.1) is 12.7 Å². The number of aliphatic hydroxyl groups excluding tert-OH is 4. The van der Waals surface area contributed by atoms with Crippen molar-refractivity contribution in [3.8, 4) is 11.5 Å². The summed E-state index contributed by atoms with van der Waals surface area (Å²) < 4.78 is 0. The summed E-state index contributed by atoms with van der Waals surface area (Å²) in [5.74, 6) is -0.327. The van der Waals surface area contributed by atoms with E-state index in [0.717, 1.165) is 6.07 Å². The van der Waals surface area contributed by atoms with E-state index in [0.29, 0.717) is 5.56 Å². The van der Waals surface area contributed by atoms with E-state index in [9.17, 15) is 15.3 Å². The van der Waals surface area contributed by atoms with Crippen molar-refractivity contribution in [1.82, 2.24) is 0 Å². The average molecular weight is 244 g/mol. The molecule has 3 atom stereocenters. The van der Waals surface area contributed by atoms with Crippen molar-refractivity contribution >= 4 is 0 Å². The van der Waals surface area contributed by atoms with Crippen molar-refractivity contribution in [2.24, 2.45) is 0 Å². The summed E-state index contributed by atoms with van der Waals surface area (Å²) in [4.78, 5) is 0. The summed E-state index contributed by atoms with van der Waals surface area (Å²) in [5.41, 5.74) is 0.319. The predicted molar refractivity (Wildman–Crippen MR) is 58.6 cm³/mol.